The standard InChI is InChI=1S/C12H24N2O4/c1-3-17-11(15)9-14(8-6-5-7-13)10-12(16)18-4-2/h3-10,13H2,1-2H3. The van der Waals surface area contributed by atoms with Gasteiger partial charge < -0.3 is 15.2 Å². The Bertz CT molecular complexity index is 226. The predicted molar refractivity (Wildman–Crippen MR) is 68.0 cm³/mol. The Morgan fingerprint density at radius 2 is 1.50 bits per heavy atom. The summed E-state index contributed by atoms with van der Waals surface area (Å²) in [6.07, 6.45) is 1.71. The summed E-state index contributed by atoms with van der Waals surface area (Å²) in [5, 5.41) is 0. The molecule has 0 aliphatic heterocycles. The van der Waals surface area contributed by atoms with E-state index in [1.165, 1.54) is 0 Å². The molecule has 0 aliphatic rings. The zero-order valence-electron chi connectivity index (χ0n) is 11.3. The van der Waals surface area contributed by atoms with Crippen molar-refractivity contribution >= 4 is 11.9 Å². The SMILES string of the molecule is CCOC(=O)CN(CCCCN)CC(=O)OCC. The van der Waals surface area contributed by atoms with Crippen LogP contribution in [0.3, 0.4) is 0 Å². The highest BCUT2D eigenvalue weighted by Crippen LogP contribution is 1.97. The molecule has 0 bridgehead atoms. The first kappa shape index (κ1) is 16.9. The Morgan fingerprint density at radius 3 is 1.89 bits per heavy atom. The number of ether oxygens (including phenoxy) is 2. The second-order valence-electron chi connectivity index (χ2n) is 3.82. The number of carbonyl (C=O) groups is 2. The van der Waals surface area contributed by atoms with Gasteiger partial charge in [0.2, 0.25) is 0 Å². The van der Waals surface area contributed by atoms with Gasteiger partial charge in [-0.05, 0) is 39.8 Å². The molecule has 0 saturated carbocycles. The quantitative estimate of drug-likeness (QED) is 0.445. The normalized spacial score (nSPS) is 10.4. The summed E-state index contributed by atoms with van der Waals surface area (Å²) in [5.41, 5.74) is 5.41. The molecule has 0 spiro atoms. The van der Waals surface area contributed by atoms with E-state index in [2.05, 4.69) is 0 Å². The maximum Gasteiger partial charge on any atom is 0.320 e. The zero-order valence-corrected chi connectivity index (χ0v) is 11.3. The van der Waals surface area contributed by atoms with Gasteiger partial charge in [-0.2, -0.15) is 0 Å². The smallest absolute Gasteiger partial charge is 0.320 e. The first-order valence-electron chi connectivity index (χ1n) is 6.37. The summed E-state index contributed by atoms with van der Waals surface area (Å²) >= 11 is 0. The van der Waals surface area contributed by atoms with Gasteiger partial charge in [0, 0.05) is 0 Å². The minimum atomic E-state index is -0.324. The van der Waals surface area contributed by atoms with E-state index in [1.807, 2.05) is 0 Å². The number of hydrogen-bond acceptors (Lipinski definition) is 6. The van der Waals surface area contributed by atoms with Gasteiger partial charge in [-0.1, -0.05) is 0 Å². The summed E-state index contributed by atoms with van der Waals surface area (Å²) in [5.74, 6) is -0.649. The molecule has 0 heterocycles. The summed E-state index contributed by atoms with van der Waals surface area (Å²) in [4.78, 5) is 24.5. The van der Waals surface area contributed by atoms with Gasteiger partial charge >= 0.3 is 11.9 Å². The number of hydrogen-bond donors (Lipinski definition) is 1. The highest BCUT2D eigenvalue weighted by molar-refractivity contribution is 5.75. The van der Waals surface area contributed by atoms with Crippen LogP contribution in [0.4, 0.5) is 0 Å². The van der Waals surface area contributed by atoms with E-state index in [-0.39, 0.29) is 25.0 Å². The van der Waals surface area contributed by atoms with E-state index < -0.39 is 0 Å². The van der Waals surface area contributed by atoms with Crippen LogP contribution in [0.25, 0.3) is 0 Å². The van der Waals surface area contributed by atoms with Gasteiger partial charge in [-0.15, -0.1) is 0 Å². The summed E-state index contributed by atoms with van der Waals surface area (Å²) in [6.45, 7) is 5.64. The Hall–Kier alpha value is -1.14. The molecule has 0 saturated heterocycles. The fourth-order valence-electron chi connectivity index (χ4n) is 1.47. The van der Waals surface area contributed by atoms with E-state index in [1.54, 1.807) is 18.7 Å². The lowest BCUT2D eigenvalue weighted by Crippen LogP contribution is -2.37. The molecule has 0 unspecified atom stereocenters. The minimum absolute atomic E-state index is 0.108. The second-order valence-corrected chi connectivity index (χ2v) is 3.82. The van der Waals surface area contributed by atoms with Crippen molar-refractivity contribution in [1.29, 1.82) is 0 Å². The highest BCUT2D eigenvalue weighted by atomic mass is 16.5. The number of unbranched alkanes of at least 4 members (excludes halogenated alkanes) is 1. The van der Waals surface area contributed by atoms with Crippen LogP contribution in [0.2, 0.25) is 0 Å². The van der Waals surface area contributed by atoms with Crippen LogP contribution in [-0.2, 0) is 19.1 Å². The molecule has 0 radical (unpaired) electrons. The monoisotopic (exact) mass is 260 g/mol. The molecule has 0 aromatic carbocycles. The maximum atomic E-state index is 11.4. The van der Waals surface area contributed by atoms with Crippen LogP contribution in [0.5, 0.6) is 0 Å². The van der Waals surface area contributed by atoms with Gasteiger partial charge in [0.1, 0.15) is 0 Å². The molecule has 0 rings (SSSR count). The molecule has 2 N–H and O–H groups in total. The first-order chi connectivity index (χ1) is 8.63. The lowest BCUT2D eigenvalue weighted by Gasteiger charge is -2.19. The minimum Gasteiger partial charge on any atom is -0.465 e. The van der Waals surface area contributed by atoms with Crippen molar-refractivity contribution in [3.63, 3.8) is 0 Å². The predicted octanol–water partition coefficient (Wildman–Crippen LogP) is 0.154. The topological polar surface area (TPSA) is 81.9 Å². The van der Waals surface area contributed by atoms with Gasteiger partial charge in [-0.25, -0.2) is 0 Å². The molecule has 0 aromatic rings. The number of esters is 2. The largest absolute Gasteiger partial charge is 0.465 e. The molecule has 6 nitrogen and oxygen atoms in total. The fourth-order valence-corrected chi connectivity index (χ4v) is 1.47. The molecule has 0 fully saturated rings. The molecular weight excluding hydrogens is 236 g/mol. The van der Waals surface area contributed by atoms with Gasteiger partial charge in [0.25, 0.3) is 0 Å². The number of rotatable bonds is 10. The average Bonchev–Trinajstić information content (AvgIpc) is 2.29. The van der Waals surface area contributed by atoms with Crippen LogP contribution in [0, 0.1) is 0 Å². The van der Waals surface area contributed by atoms with Gasteiger partial charge in [0.05, 0.1) is 26.3 Å². The van der Waals surface area contributed by atoms with Crippen LogP contribution < -0.4 is 5.73 Å². The third-order valence-corrected chi connectivity index (χ3v) is 2.24. The van der Waals surface area contributed by atoms with Crippen LogP contribution in [0.1, 0.15) is 26.7 Å². The third kappa shape index (κ3) is 8.95. The zero-order chi connectivity index (χ0) is 13.8. The van der Waals surface area contributed by atoms with E-state index in [0.29, 0.717) is 26.3 Å². The molecular formula is C12H24N2O4. The van der Waals surface area contributed by atoms with Crippen molar-refractivity contribution in [2.24, 2.45) is 5.73 Å². The first-order valence-corrected chi connectivity index (χ1v) is 6.37. The number of nitrogens with two attached hydrogens (primary N) is 1. The Morgan fingerprint density at radius 1 is 1.00 bits per heavy atom. The summed E-state index contributed by atoms with van der Waals surface area (Å²) < 4.78 is 9.73. The van der Waals surface area contributed by atoms with Gasteiger partial charge in [-0.3, -0.25) is 14.5 Å². The van der Waals surface area contributed by atoms with Crippen molar-refractivity contribution in [2.45, 2.75) is 26.7 Å². The molecule has 0 aromatic heterocycles. The van der Waals surface area contributed by atoms with E-state index >= 15 is 0 Å². The Balaban J connectivity index is 4.14. The highest BCUT2D eigenvalue weighted by Gasteiger charge is 2.15. The Labute approximate surface area is 108 Å². The van der Waals surface area contributed by atoms with E-state index in [9.17, 15) is 9.59 Å². The van der Waals surface area contributed by atoms with E-state index in [0.717, 1.165) is 12.8 Å². The van der Waals surface area contributed by atoms with Crippen molar-refractivity contribution in [3.05, 3.63) is 0 Å². The molecule has 18 heavy (non-hydrogen) atoms. The number of carbonyl (C=O) groups excluding carboxylic acids is 2. The molecule has 106 valence electrons. The van der Waals surface area contributed by atoms with Crippen molar-refractivity contribution in [2.75, 3.05) is 39.4 Å². The van der Waals surface area contributed by atoms with Crippen LogP contribution in [-0.4, -0.2) is 56.2 Å². The summed E-state index contributed by atoms with van der Waals surface area (Å²) in [6, 6.07) is 0. The maximum absolute atomic E-state index is 11.4. The average molecular weight is 260 g/mol. The van der Waals surface area contributed by atoms with Gasteiger partial charge in [0.15, 0.2) is 0 Å². The molecule has 0 aliphatic carbocycles. The second kappa shape index (κ2) is 11.0. The van der Waals surface area contributed by atoms with Crippen LogP contribution >= 0.6 is 0 Å². The summed E-state index contributed by atoms with van der Waals surface area (Å²) in [7, 11) is 0. The lowest BCUT2D eigenvalue weighted by molar-refractivity contribution is -0.148. The van der Waals surface area contributed by atoms with Crippen molar-refractivity contribution < 1.29 is 19.1 Å². The Kier molecular flexibility index (Phi) is 10.3. The number of nitrogens with zero attached hydrogens (tertiary/aromatic N) is 1. The van der Waals surface area contributed by atoms with Crippen LogP contribution in [0.15, 0.2) is 0 Å². The molecule has 0 atom stereocenters. The van der Waals surface area contributed by atoms with E-state index in [4.69, 9.17) is 15.2 Å². The molecule has 0 amide bonds. The lowest BCUT2D eigenvalue weighted by atomic mass is 10.3. The van der Waals surface area contributed by atoms with Crippen molar-refractivity contribution in [1.82, 2.24) is 4.90 Å². The third-order valence-electron chi connectivity index (χ3n) is 2.24. The fraction of sp³-hybridized carbons (Fsp3) is 0.833. The molecule has 6 heteroatoms. The van der Waals surface area contributed by atoms with Crippen molar-refractivity contribution in [3.8, 4) is 0 Å².